The molecule has 9 nitrogen and oxygen atoms in total. The number of nitrogens with one attached hydrogen (secondary N) is 2. The highest BCUT2D eigenvalue weighted by atomic mass is 16.5. The molecular weight excluding hydrogens is 462 g/mol. The highest BCUT2D eigenvalue weighted by molar-refractivity contribution is 6.11. The molecule has 2 amide bonds. The molecule has 0 bridgehead atoms. The largest absolute Gasteiger partial charge is 0.497 e. The second-order valence-corrected chi connectivity index (χ2v) is 8.16. The molecule has 1 aliphatic carbocycles. The number of carbonyl (C=O) groups excluding carboxylic acids is 3. The van der Waals surface area contributed by atoms with E-state index in [2.05, 4.69) is 15.8 Å². The fourth-order valence-corrected chi connectivity index (χ4v) is 4.10. The average molecular weight is 490 g/mol. The number of amides is 2. The van der Waals surface area contributed by atoms with Crippen molar-refractivity contribution in [3.63, 3.8) is 0 Å². The Bertz CT molecular complexity index is 1340. The second kappa shape index (κ2) is 10.9. The van der Waals surface area contributed by atoms with Gasteiger partial charge >= 0.3 is 5.97 Å². The van der Waals surface area contributed by atoms with E-state index in [-0.39, 0.29) is 23.8 Å². The molecule has 1 heterocycles. The second-order valence-electron chi connectivity index (χ2n) is 8.16. The van der Waals surface area contributed by atoms with E-state index in [9.17, 15) is 14.4 Å². The third-order valence-corrected chi connectivity index (χ3v) is 5.83. The predicted molar refractivity (Wildman–Crippen MR) is 134 cm³/mol. The Labute approximate surface area is 208 Å². The summed E-state index contributed by atoms with van der Waals surface area (Å²) < 4.78 is 16.2. The average Bonchev–Trinajstić information content (AvgIpc) is 3.24. The Morgan fingerprint density at radius 2 is 1.86 bits per heavy atom. The molecule has 0 atom stereocenters. The monoisotopic (exact) mass is 489 g/mol. The van der Waals surface area contributed by atoms with Gasteiger partial charge in [-0.25, -0.2) is 10.2 Å². The molecule has 0 fully saturated rings. The van der Waals surface area contributed by atoms with Gasteiger partial charge in [-0.2, -0.15) is 5.10 Å². The van der Waals surface area contributed by atoms with Gasteiger partial charge in [0.15, 0.2) is 5.76 Å². The summed E-state index contributed by atoms with van der Waals surface area (Å²) in [7, 11) is 1.53. The van der Waals surface area contributed by atoms with E-state index in [0.29, 0.717) is 46.9 Å². The fraction of sp³-hybridized carbons (Fsp3) is 0.259. The van der Waals surface area contributed by atoms with Gasteiger partial charge in [0, 0.05) is 23.1 Å². The molecule has 0 saturated carbocycles. The van der Waals surface area contributed by atoms with Gasteiger partial charge in [0.1, 0.15) is 11.5 Å². The molecule has 186 valence electrons. The van der Waals surface area contributed by atoms with Crippen molar-refractivity contribution in [1.82, 2.24) is 5.43 Å². The number of anilines is 1. The number of benzene rings is 2. The summed E-state index contributed by atoms with van der Waals surface area (Å²) >= 11 is 0. The van der Waals surface area contributed by atoms with Crippen LogP contribution >= 0.6 is 0 Å². The molecule has 2 aromatic carbocycles. The molecule has 4 rings (SSSR count). The van der Waals surface area contributed by atoms with Gasteiger partial charge in [-0.3, -0.25) is 9.59 Å². The topological polar surface area (TPSA) is 119 Å². The van der Waals surface area contributed by atoms with E-state index in [1.807, 2.05) is 0 Å². The normalized spacial score (nSPS) is 13.6. The lowest BCUT2D eigenvalue weighted by molar-refractivity contribution is 0.0527. The molecule has 3 aromatic rings. The summed E-state index contributed by atoms with van der Waals surface area (Å²) in [4.78, 5) is 38.0. The van der Waals surface area contributed by atoms with Crippen LogP contribution in [0.3, 0.4) is 0 Å². The van der Waals surface area contributed by atoms with Crippen molar-refractivity contribution >= 4 is 29.2 Å². The van der Waals surface area contributed by atoms with Crippen molar-refractivity contribution in [2.75, 3.05) is 19.0 Å². The lowest BCUT2D eigenvalue weighted by Crippen LogP contribution is -2.22. The standard InChI is InChI=1S/C27H27N3O6/c1-4-35-27(33)19-11-5-6-12-20(19)28-26(32)24-16(2)23-21(13-8-14-22(23)36-24)29-30-25(31)17-9-7-10-18(15-17)34-3/h5-7,9-12,15H,4,8,13-14H2,1-3H3,(H,28,32)(H,30,31)/b29-21+. The number of fused-ring (bicyclic) bond motifs is 1. The third-order valence-electron chi connectivity index (χ3n) is 5.83. The summed E-state index contributed by atoms with van der Waals surface area (Å²) in [5, 5.41) is 7.11. The van der Waals surface area contributed by atoms with E-state index in [4.69, 9.17) is 13.9 Å². The molecule has 36 heavy (non-hydrogen) atoms. The Hall–Kier alpha value is -4.40. The highest BCUT2D eigenvalue weighted by Gasteiger charge is 2.28. The lowest BCUT2D eigenvalue weighted by atomic mass is 9.93. The van der Waals surface area contributed by atoms with Crippen LogP contribution in [0.2, 0.25) is 0 Å². The number of rotatable bonds is 7. The molecule has 1 aromatic heterocycles. The fourth-order valence-electron chi connectivity index (χ4n) is 4.10. The number of hydrogen-bond acceptors (Lipinski definition) is 7. The van der Waals surface area contributed by atoms with Crippen molar-refractivity contribution in [2.45, 2.75) is 33.1 Å². The maximum atomic E-state index is 13.1. The molecule has 9 heteroatoms. The zero-order chi connectivity index (χ0) is 25.7. The highest BCUT2D eigenvalue weighted by Crippen LogP contribution is 2.30. The quantitative estimate of drug-likeness (QED) is 0.373. The van der Waals surface area contributed by atoms with Crippen LogP contribution in [0.1, 0.15) is 67.9 Å². The maximum Gasteiger partial charge on any atom is 0.340 e. The molecule has 0 spiro atoms. The first-order valence-corrected chi connectivity index (χ1v) is 11.6. The third kappa shape index (κ3) is 5.14. The Balaban J connectivity index is 1.56. The zero-order valence-electron chi connectivity index (χ0n) is 20.3. The van der Waals surface area contributed by atoms with Crippen molar-refractivity contribution in [3.05, 3.63) is 82.3 Å². The number of ether oxygens (including phenoxy) is 2. The van der Waals surface area contributed by atoms with E-state index < -0.39 is 11.9 Å². The van der Waals surface area contributed by atoms with Gasteiger partial charge in [0.25, 0.3) is 11.8 Å². The molecule has 1 aliphatic rings. The minimum absolute atomic E-state index is 0.132. The van der Waals surface area contributed by atoms with Gasteiger partial charge in [0.05, 0.1) is 30.7 Å². The number of aryl methyl sites for hydroxylation is 1. The van der Waals surface area contributed by atoms with E-state index >= 15 is 0 Å². The van der Waals surface area contributed by atoms with Crippen LogP contribution in [0.4, 0.5) is 5.69 Å². The van der Waals surface area contributed by atoms with Crippen molar-refractivity contribution < 1.29 is 28.3 Å². The Morgan fingerprint density at radius 1 is 1.06 bits per heavy atom. The van der Waals surface area contributed by atoms with E-state index in [1.54, 1.807) is 62.4 Å². The lowest BCUT2D eigenvalue weighted by Gasteiger charge is -2.13. The van der Waals surface area contributed by atoms with Crippen molar-refractivity contribution in [3.8, 4) is 5.75 Å². The number of methoxy groups -OCH3 is 1. The number of hydrazone groups is 1. The molecule has 0 aliphatic heterocycles. The first-order chi connectivity index (χ1) is 17.4. The van der Waals surface area contributed by atoms with Crippen LogP contribution in [0.5, 0.6) is 5.75 Å². The molecular formula is C27H27N3O6. The van der Waals surface area contributed by atoms with Gasteiger partial charge in [-0.1, -0.05) is 18.2 Å². The summed E-state index contributed by atoms with van der Waals surface area (Å²) in [5.41, 5.74) is 5.57. The minimum atomic E-state index is -0.523. The van der Waals surface area contributed by atoms with Gasteiger partial charge in [0.2, 0.25) is 0 Å². The summed E-state index contributed by atoms with van der Waals surface area (Å²) in [6.07, 6.45) is 2.03. The summed E-state index contributed by atoms with van der Waals surface area (Å²) in [6, 6.07) is 13.4. The van der Waals surface area contributed by atoms with E-state index in [0.717, 1.165) is 12.0 Å². The van der Waals surface area contributed by atoms with Crippen LogP contribution in [-0.2, 0) is 11.2 Å². The minimum Gasteiger partial charge on any atom is -0.497 e. The number of esters is 1. The van der Waals surface area contributed by atoms with Crippen molar-refractivity contribution in [1.29, 1.82) is 0 Å². The molecule has 0 unspecified atom stereocenters. The number of furan rings is 1. The first kappa shape index (κ1) is 24.7. The predicted octanol–water partition coefficient (Wildman–Crippen LogP) is 4.50. The van der Waals surface area contributed by atoms with Crippen LogP contribution in [-0.4, -0.2) is 37.2 Å². The Kier molecular flexibility index (Phi) is 7.48. The van der Waals surface area contributed by atoms with E-state index in [1.165, 1.54) is 7.11 Å². The SMILES string of the molecule is CCOC(=O)c1ccccc1NC(=O)c1oc2c(c1C)/C(=N/NC(=O)c1cccc(OC)c1)CCC2. The zero-order valence-corrected chi connectivity index (χ0v) is 20.3. The maximum absolute atomic E-state index is 13.1. The van der Waals surface area contributed by atoms with Gasteiger partial charge < -0.3 is 19.2 Å². The number of nitrogens with zero attached hydrogens (tertiary/aromatic N) is 1. The Morgan fingerprint density at radius 3 is 2.64 bits per heavy atom. The smallest absolute Gasteiger partial charge is 0.340 e. The number of para-hydroxylation sites is 1. The summed E-state index contributed by atoms with van der Waals surface area (Å²) in [5.74, 6) is -0.0443. The number of carbonyl (C=O) groups is 3. The van der Waals surface area contributed by atoms with Crippen LogP contribution in [0.25, 0.3) is 0 Å². The van der Waals surface area contributed by atoms with Gasteiger partial charge in [-0.05, 0) is 57.0 Å². The first-order valence-electron chi connectivity index (χ1n) is 11.6. The number of hydrogen-bond donors (Lipinski definition) is 2. The summed E-state index contributed by atoms with van der Waals surface area (Å²) in [6.45, 7) is 3.72. The van der Waals surface area contributed by atoms with Crippen LogP contribution in [0, 0.1) is 6.92 Å². The molecule has 0 radical (unpaired) electrons. The molecule has 2 N–H and O–H groups in total. The van der Waals surface area contributed by atoms with Crippen LogP contribution in [0.15, 0.2) is 58.0 Å². The molecule has 0 saturated heterocycles. The van der Waals surface area contributed by atoms with Crippen LogP contribution < -0.4 is 15.5 Å². The van der Waals surface area contributed by atoms with Gasteiger partial charge in [-0.15, -0.1) is 0 Å². The van der Waals surface area contributed by atoms with Crippen molar-refractivity contribution in [2.24, 2.45) is 5.10 Å².